The molecule has 2 amide bonds. The molecular formula is C21H32ClN3O. The number of likely N-dealkylation sites (tertiary alicyclic amines) is 2. The third-order valence-electron chi connectivity index (χ3n) is 6.62. The van der Waals surface area contributed by atoms with Crippen LogP contribution in [-0.2, 0) is 0 Å². The fourth-order valence-electron chi connectivity index (χ4n) is 5.32. The lowest BCUT2D eigenvalue weighted by molar-refractivity contribution is 0.187. The summed E-state index contributed by atoms with van der Waals surface area (Å²) in [5, 5.41) is 3.30. The number of carbonyl (C=O) groups is 1. The van der Waals surface area contributed by atoms with Crippen molar-refractivity contribution in [2.24, 2.45) is 11.8 Å². The lowest BCUT2D eigenvalue weighted by atomic mass is 9.88. The standard InChI is InChI=1S/C21H31N3O.ClH/c1-15-8-6-7-11-18(15)20-19-14-24(13-16(19)12-23(20)2)21(25)22-17-9-4-3-5-10-17;/h6-8,11,16-17,19-20H,3-5,9-10,12-14H2,1-2H3,(H,22,25);1H/t16-,19+,20-;/m0./s1. The van der Waals surface area contributed by atoms with Crippen LogP contribution in [0.4, 0.5) is 4.79 Å². The molecule has 4 nitrogen and oxygen atoms in total. The zero-order valence-corrected chi connectivity index (χ0v) is 16.8. The molecular weight excluding hydrogens is 346 g/mol. The highest BCUT2D eigenvalue weighted by Gasteiger charge is 2.47. The van der Waals surface area contributed by atoms with Gasteiger partial charge in [-0.15, -0.1) is 12.4 Å². The number of urea groups is 1. The molecule has 1 aromatic rings. The lowest BCUT2D eigenvalue weighted by Gasteiger charge is -2.29. The summed E-state index contributed by atoms with van der Waals surface area (Å²) >= 11 is 0. The molecule has 5 heteroatoms. The molecule has 2 heterocycles. The minimum atomic E-state index is 0. The van der Waals surface area contributed by atoms with E-state index in [1.807, 2.05) is 0 Å². The number of carbonyl (C=O) groups excluding carboxylic acids is 1. The number of amides is 2. The van der Waals surface area contributed by atoms with Gasteiger partial charge < -0.3 is 10.2 Å². The zero-order valence-electron chi connectivity index (χ0n) is 16.0. The highest BCUT2D eigenvalue weighted by molar-refractivity contribution is 5.85. The van der Waals surface area contributed by atoms with Crippen molar-refractivity contribution >= 4 is 18.4 Å². The quantitative estimate of drug-likeness (QED) is 0.845. The summed E-state index contributed by atoms with van der Waals surface area (Å²) in [6, 6.07) is 9.75. The maximum Gasteiger partial charge on any atom is 0.317 e. The molecule has 1 aliphatic carbocycles. The van der Waals surface area contributed by atoms with Crippen molar-refractivity contribution in [1.29, 1.82) is 0 Å². The Morgan fingerprint density at radius 3 is 2.54 bits per heavy atom. The second-order valence-corrected chi connectivity index (χ2v) is 8.35. The zero-order chi connectivity index (χ0) is 17.4. The third kappa shape index (κ3) is 3.72. The molecule has 3 fully saturated rings. The van der Waals surface area contributed by atoms with Crippen LogP contribution in [0.5, 0.6) is 0 Å². The Morgan fingerprint density at radius 1 is 1.08 bits per heavy atom. The van der Waals surface area contributed by atoms with Gasteiger partial charge >= 0.3 is 6.03 Å². The summed E-state index contributed by atoms with van der Waals surface area (Å²) in [5.41, 5.74) is 2.80. The molecule has 1 aromatic carbocycles. The van der Waals surface area contributed by atoms with Gasteiger partial charge in [-0.3, -0.25) is 4.90 Å². The Labute approximate surface area is 163 Å². The average molecular weight is 378 g/mol. The van der Waals surface area contributed by atoms with E-state index in [4.69, 9.17) is 0 Å². The Hall–Kier alpha value is -1.26. The van der Waals surface area contributed by atoms with Crippen LogP contribution in [0.3, 0.4) is 0 Å². The summed E-state index contributed by atoms with van der Waals surface area (Å²) in [4.78, 5) is 17.3. The van der Waals surface area contributed by atoms with E-state index in [2.05, 4.69) is 53.4 Å². The molecule has 1 saturated carbocycles. The Kier molecular flexibility index (Phi) is 6.13. The number of aryl methyl sites for hydroxylation is 1. The minimum Gasteiger partial charge on any atom is -0.335 e. The van der Waals surface area contributed by atoms with Gasteiger partial charge in [0.1, 0.15) is 0 Å². The SMILES string of the molecule is Cc1ccccc1[C@H]1[C@@H]2CN(C(=O)NC3CCCCC3)C[C@@H]2CN1C.Cl. The first-order valence-corrected chi connectivity index (χ1v) is 9.94. The van der Waals surface area contributed by atoms with Crippen molar-refractivity contribution in [1.82, 2.24) is 15.1 Å². The summed E-state index contributed by atoms with van der Waals surface area (Å²) in [7, 11) is 2.24. The number of benzene rings is 1. The van der Waals surface area contributed by atoms with Crippen LogP contribution in [0.2, 0.25) is 0 Å². The second-order valence-electron chi connectivity index (χ2n) is 8.35. The Morgan fingerprint density at radius 2 is 1.81 bits per heavy atom. The van der Waals surface area contributed by atoms with E-state index >= 15 is 0 Å². The summed E-state index contributed by atoms with van der Waals surface area (Å²) in [6.45, 7) is 5.11. The number of fused-ring (bicyclic) bond motifs is 1. The van der Waals surface area contributed by atoms with Crippen LogP contribution in [0, 0.1) is 18.8 Å². The van der Waals surface area contributed by atoms with E-state index in [1.165, 1.54) is 30.4 Å². The third-order valence-corrected chi connectivity index (χ3v) is 6.62. The highest BCUT2D eigenvalue weighted by Crippen LogP contribution is 2.44. The largest absolute Gasteiger partial charge is 0.335 e. The van der Waals surface area contributed by atoms with Gasteiger partial charge in [-0.1, -0.05) is 43.5 Å². The average Bonchev–Trinajstić information content (AvgIpc) is 3.13. The molecule has 144 valence electrons. The van der Waals surface area contributed by atoms with Crippen molar-refractivity contribution in [3.8, 4) is 0 Å². The predicted molar refractivity (Wildman–Crippen MR) is 108 cm³/mol. The first kappa shape index (κ1) is 19.5. The van der Waals surface area contributed by atoms with E-state index in [0.29, 0.717) is 23.9 Å². The number of hydrogen-bond acceptors (Lipinski definition) is 2. The van der Waals surface area contributed by atoms with Gasteiger partial charge in [-0.2, -0.15) is 0 Å². The van der Waals surface area contributed by atoms with Gasteiger partial charge in [0, 0.05) is 37.6 Å². The predicted octanol–water partition coefficient (Wildman–Crippen LogP) is 3.99. The van der Waals surface area contributed by atoms with Crippen LogP contribution in [0.1, 0.15) is 49.3 Å². The molecule has 3 atom stereocenters. The fourth-order valence-corrected chi connectivity index (χ4v) is 5.32. The van der Waals surface area contributed by atoms with E-state index in [-0.39, 0.29) is 18.4 Å². The Balaban J connectivity index is 0.00000196. The van der Waals surface area contributed by atoms with Crippen LogP contribution in [0.15, 0.2) is 24.3 Å². The van der Waals surface area contributed by atoms with Crippen molar-refractivity contribution in [2.45, 2.75) is 51.1 Å². The molecule has 0 unspecified atom stereocenters. The van der Waals surface area contributed by atoms with Crippen LogP contribution < -0.4 is 5.32 Å². The molecule has 26 heavy (non-hydrogen) atoms. The number of nitrogens with one attached hydrogen (secondary N) is 1. The monoisotopic (exact) mass is 377 g/mol. The van der Waals surface area contributed by atoms with E-state index in [9.17, 15) is 4.79 Å². The van der Waals surface area contributed by atoms with Crippen molar-refractivity contribution in [3.63, 3.8) is 0 Å². The number of hydrogen-bond donors (Lipinski definition) is 1. The molecule has 2 aliphatic heterocycles. The first-order chi connectivity index (χ1) is 12.1. The van der Waals surface area contributed by atoms with Gasteiger partial charge in [0.15, 0.2) is 0 Å². The summed E-state index contributed by atoms with van der Waals surface area (Å²) in [5.74, 6) is 1.16. The van der Waals surface area contributed by atoms with Crippen molar-refractivity contribution < 1.29 is 4.79 Å². The molecule has 3 aliphatic rings. The molecule has 0 bridgehead atoms. The molecule has 4 rings (SSSR count). The maximum absolute atomic E-state index is 12.7. The Bertz CT molecular complexity index is 631. The first-order valence-electron chi connectivity index (χ1n) is 9.94. The van der Waals surface area contributed by atoms with Crippen LogP contribution in [0.25, 0.3) is 0 Å². The van der Waals surface area contributed by atoms with Gasteiger partial charge in [0.05, 0.1) is 0 Å². The molecule has 2 saturated heterocycles. The second kappa shape index (κ2) is 8.18. The summed E-state index contributed by atoms with van der Waals surface area (Å²) in [6.07, 6.45) is 6.15. The topological polar surface area (TPSA) is 35.6 Å². The lowest BCUT2D eigenvalue weighted by Crippen LogP contribution is -2.45. The highest BCUT2D eigenvalue weighted by atomic mass is 35.5. The van der Waals surface area contributed by atoms with E-state index in [1.54, 1.807) is 0 Å². The van der Waals surface area contributed by atoms with Crippen LogP contribution >= 0.6 is 12.4 Å². The van der Waals surface area contributed by atoms with Gasteiger partial charge in [0.25, 0.3) is 0 Å². The smallest absolute Gasteiger partial charge is 0.317 e. The molecule has 1 N–H and O–H groups in total. The normalized spacial score (nSPS) is 29.3. The maximum atomic E-state index is 12.7. The van der Waals surface area contributed by atoms with E-state index < -0.39 is 0 Å². The van der Waals surface area contributed by atoms with Crippen LogP contribution in [-0.4, -0.2) is 48.6 Å². The number of nitrogens with zero attached hydrogens (tertiary/aromatic N) is 2. The molecule has 0 radical (unpaired) electrons. The fraction of sp³-hybridized carbons (Fsp3) is 0.667. The van der Waals surface area contributed by atoms with Gasteiger partial charge in [-0.25, -0.2) is 4.79 Å². The molecule has 0 spiro atoms. The van der Waals surface area contributed by atoms with E-state index in [0.717, 1.165) is 32.5 Å². The van der Waals surface area contributed by atoms with Gasteiger partial charge in [-0.05, 0) is 43.9 Å². The molecule has 0 aromatic heterocycles. The van der Waals surface area contributed by atoms with Gasteiger partial charge in [0.2, 0.25) is 0 Å². The minimum absolute atomic E-state index is 0. The van der Waals surface area contributed by atoms with Crippen molar-refractivity contribution in [2.75, 3.05) is 26.7 Å². The number of halogens is 1. The van der Waals surface area contributed by atoms with Crippen molar-refractivity contribution in [3.05, 3.63) is 35.4 Å². The number of rotatable bonds is 2. The summed E-state index contributed by atoms with van der Waals surface area (Å²) < 4.78 is 0.